The van der Waals surface area contributed by atoms with Crippen LogP contribution in [-0.2, 0) is 4.74 Å². The van der Waals surface area contributed by atoms with Crippen LogP contribution in [0.5, 0.6) is 0 Å². The molecule has 1 spiro atoms. The Bertz CT molecular complexity index is 212. The summed E-state index contributed by atoms with van der Waals surface area (Å²) in [5.74, 6) is 0. The van der Waals surface area contributed by atoms with Crippen molar-refractivity contribution in [3.05, 3.63) is 0 Å². The van der Waals surface area contributed by atoms with E-state index in [1.54, 1.807) is 0 Å². The predicted molar refractivity (Wildman–Crippen MR) is 45.2 cm³/mol. The summed E-state index contributed by atoms with van der Waals surface area (Å²) in [7, 11) is 5.44. The minimum absolute atomic E-state index is 0.556. The largest absolute Gasteiger partial charge is 0.390 e. The van der Waals surface area contributed by atoms with Crippen LogP contribution in [0.15, 0.2) is 0 Å². The fourth-order valence-electron chi connectivity index (χ4n) is 2.33. The van der Waals surface area contributed by atoms with Crippen LogP contribution in [0.3, 0.4) is 0 Å². The Morgan fingerprint density at radius 2 is 2.00 bits per heavy atom. The number of hydrogen-bond donors (Lipinski definition) is 3. The molecule has 0 aromatic carbocycles. The van der Waals surface area contributed by atoms with Crippen LogP contribution in [0, 0.1) is 0 Å². The van der Waals surface area contributed by atoms with Crippen molar-refractivity contribution in [3.63, 3.8) is 0 Å². The average molecular weight is 184 g/mol. The lowest BCUT2D eigenvalue weighted by molar-refractivity contribution is -0.124. The van der Waals surface area contributed by atoms with Gasteiger partial charge in [0.25, 0.3) is 0 Å². The van der Waals surface area contributed by atoms with E-state index in [-0.39, 0.29) is 0 Å². The fourth-order valence-corrected chi connectivity index (χ4v) is 2.33. The average Bonchev–Trinajstić information content (AvgIpc) is 2.54. The minimum Gasteiger partial charge on any atom is -0.390 e. The molecule has 1 aliphatic carbocycles. The quantitative estimate of drug-likeness (QED) is 0.401. The van der Waals surface area contributed by atoms with Crippen molar-refractivity contribution >= 4 is 7.85 Å². The molecule has 0 bridgehead atoms. The third kappa shape index (κ3) is 1.15. The number of rotatable bonds is 0. The summed E-state index contributed by atoms with van der Waals surface area (Å²) in [5, 5.41) is 28.7. The molecule has 2 rings (SSSR count). The van der Waals surface area contributed by atoms with Gasteiger partial charge in [-0.1, -0.05) is 0 Å². The van der Waals surface area contributed by atoms with Gasteiger partial charge in [0.15, 0.2) is 0 Å². The smallest absolute Gasteiger partial charge is 0.122 e. The molecule has 1 heterocycles. The zero-order valence-corrected chi connectivity index (χ0v) is 7.26. The SMILES string of the molecule is [B][C@@H]1O[C@@]2(CCCC2O)C(O)C1O. The van der Waals surface area contributed by atoms with E-state index in [0.29, 0.717) is 12.8 Å². The Hall–Kier alpha value is -0.0951. The number of aliphatic hydroxyl groups excluding tert-OH is 3. The van der Waals surface area contributed by atoms with Gasteiger partial charge in [-0.15, -0.1) is 0 Å². The van der Waals surface area contributed by atoms with Gasteiger partial charge in [-0.3, -0.25) is 0 Å². The molecular weight excluding hydrogens is 171 g/mol. The van der Waals surface area contributed by atoms with Gasteiger partial charge in [0.2, 0.25) is 0 Å². The lowest BCUT2D eigenvalue weighted by Crippen LogP contribution is -2.48. The fraction of sp³-hybridized carbons (Fsp3) is 1.00. The molecule has 1 saturated heterocycles. The molecule has 1 aliphatic heterocycles. The molecule has 2 aliphatic rings. The molecule has 13 heavy (non-hydrogen) atoms. The van der Waals surface area contributed by atoms with Gasteiger partial charge in [-0.25, -0.2) is 0 Å². The van der Waals surface area contributed by atoms with Crippen LogP contribution in [0.1, 0.15) is 19.3 Å². The maximum atomic E-state index is 9.67. The summed E-state index contributed by atoms with van der Waals surface area (Å²) in [5.41, 5.74) is -1.02. The van der Waals surface area contributed by atoms with E-state index in [9.17, 15) is 15.3 Å². The Morgan fingerprint density at radius 1 is 1.31 bits per heavy atom. The maximum Gasteiger partial charge on any atom is 0.122 e. The number of ether oxygens (including phenoxy) is 1. The van der Waals surface area contributed by atoms with Crippen molar-refractivity contribution in [2.45, 2.75) is 49.2 Å². The molecule has 3 N–H and O–H groups in total. The van der Waals surface area contributed by atoms with Crippen molar-refractivity contribution in [2.75, 3.05) is 0 Å². The van der Waals surface area contributed by atoms with Crippen molar-refractivity contribution in [2.24, 2.45) is 0 Å². The van der Waals surface area contributed by atoms with E-state index >= 15 is 0 Å². The Morgan fingerprint density at radius 3 is 2.38 bits per heavy atom. The molecule has 5 atom stereocenters. The molecule has 1 saturated carbocycles. The summed E-state index contributed by atoms with van der Waals surface area (Å²) in [6.07, 6.45) is -0.938. The van der Waals surface area contributed by atoms with E-state index < -0.39 is 29.9 Å². The Kier molecular flexibility index (Phi) is 2.15. The van der Waals surface area contributed by atoms with Gasteiger partial charge < -0.3 is 20.1 Å². The number of hydrogen-bond acceptors (Lipinski definition) is 4. The van der Waals surface area contributed by atoms with Crippen LogP contribution in [0.25, 0.3) is 0 Å². The normalized spacial score (nSPS) is 56.2. The van der Waals surface area contributed by atoms with Gasteiger partial charge in [0.05, 0.1) is 6.10 Å². The zero-order valence-electron chi connectivity index (χ0n) is 7.26. The van der Waals surface area contributed by atoms with Crippen molar-refractivity contribution < 1.29 is 20.1 Å². The molecule has 3 unspecified atom stereocenters. The number of aliphatic hydroxyl groups is 3. The highest BCUT2D eigenvalue weighted by atomic mass is 16.6. The van der Waals surface area contributed by atoms with Crippen molar-refractivity contribution in [1.29, 1.82) is 0 Å². The first-order valence-electron chi connectivity index (χ1n) is 4.55. The highest BCUT2D eigenvalue weighted by Gasteiger charge is 2.57. The lowest BCUT2D eigenvalue weighted by Gasteiger charge is -2.30. The maximum absolute atomic E-state index is 9.67. The molecule has 2 radical (unpaired) electrons. The van der Waals surface area contributed by atoms with E-state index in [4.69, 9.17) is 12.6 Å². The summed E-state index contributed by atoms with van der Waals surface area (Å²) in [6, 6.07) is -0.886. The first-order chi connectivity index (χ1) is 6.08. The lowest BCUT2D eigenvalue weighted by atomic mass is 9.87. The first kappa shape index (κ1) is 9.46. The molecule has 72 valence electrons. The molecule has 4 nitrogen and oxygen atoms in total. The van der Waals surface area contributed by atoms with Crippen LogP contribution in [0.2, 0.25) is 0 Å². The standard InChI is InChI=1S/C8H13BO4/c9-7-5(11)6(12)8(13-7)3-1-2-4(8)10/h4-7,10-12H,1-3H2/t4?,5?,6?,7-,8-/m1/s1. The first-order valence-corrected chi connectivity index (χ1v) is 4.55. The van der Waals surface area contributed by atoms with Gasteiger partial charge >= 0.3 is 0 Å². The van der Waals surface area contributed by atoms with E-state index in [0.717, 1.165) is 6.42 Å². The minimum atomic E-state index is -1.09. The summed E-state index contributed by atoms with van der Waals surface area (Å²) in [6.45, 7) is 0. The molecule has 2 fully saturated rings. The topological polar surface area (TPSA) is 69.9 Å². The second-order valence-corrected chi connectivity index (χ2v) is 3.88. The van der Waals surface area contributed by atoms with Crippen LogP contribution in [-0.4, -0.2) is 53.1 Å². The molecule has 5 heteroatoms. The van der Waals surface area contributed by atoms with E-state index in [2.05, 4.69) is 0 Å². The third-order valence-corrected chi connectivity index (χ3v) is 3.13. The van der Waals surface area contributed by atoms with Crippen LogP contribution >= 0.6 is 0 Å². The summed E-state index contributed by atoms with van der Waals surface area (Å²) < 4.78 is 5.27. The van der Waals surface area contributed by atoms with Crippen molar-refractivity contribution in [1.82, 2.24) is 0 Å². The molecule has 0 aromatic heterocycles. The highest BCUT2D eigenvalue weighted by Crippen LogP contribution is 2.43. The van der Waals surface area contributed by atoms with Crippen LogP contribution in [0.4, 0.5) is 0 Å². The Balaban J connectivity index is 2.24. The summed E-state index contributed by atoms with van der Waals surface area (Å²) >= 11 is 0. The highest BCUT2D eigenvalue weighted by molar-refractivity contribution is 6.11. The van der Waals surface area contributed by atoms with Crippen LogP contribution < -0.4 is 0 Å². The van der Waals surface area contributed by atoms with Gasteiger partial charge in [0, 0.05) is 6.00 Å². The Labute approximate surface area is 77.9 Å². The second-order valence-electron chi connectivity index (χ2n) is 3.88. The molecule has 0 aromatic rings. The molecular formula is C8H13BO4. The second kappa shape index (κ2) is 2.95. The van der Waals surface area contributed by atoms with E-state index in [1.807, 2.05) is 0 Å². The summed E-state index contributed by atoms with van der Waals surface area (Å²) in [4.78, 5) is 0. The van der Waals surface area contributed by atoms with Gasteiger partial charge in [-0.2, -0.15) is 0 Å². The zero-order chi connectivity index (χ0) is 9.64. The van der Waals surface area contributed by atoms with Gasteiger partial charge in [0.1, 0.15) is 25.7 Å². The predicted octanol–water partition coefficient (Wildman–Crippen LogP) is -1.48. The monoisotopic (exact) mass is 184 g/mol. The van der Waals surface area contributed by atoms with Crippen molar-refractivity contribution in [3.8, 4) is 0 Å². The van der Waals surface area contributed by atoms with E-state index in [1.165, 1.54) is 0 Å². The van der Waals surface area contributed by atoms with Gasteiger partial charge in [-0.05, 0) is 19.3 Å². The molecule has 0 amide bonds. The third-order valence-electron chi connectivity index (χ3n) is 3.13.